The third-order valence-electron chi connectivity index (χ3n) is 4.47. The molecule has 0 atom stereocenters. The number of nitrogens with zero attached hydrogens (tertiary/aromatic N) is 3. The molecule has 2 saturated carbocycles. The second kappa shape index (κ2) is 5.19. The summed E-state index contributed by atoms with van der Waals surface area (Å²) in [6.07, 6.45) is 7.77. The van der Waals surface area contributed by atoms with Crippen LogP contribution in [0.3, 0.4) is 0 Å². The molecule has 2 heterocycles. The minimum Gasteiger partial charge on any atom is -0.348 e. The van der Waals surface area contributed by atoms with E-state index in [9.17, 15) is 9.59 Å². The maximum absolute atomic E-state index is 12.8. The van der Waals surface area contributed by atoms with Crippen molar-refractivity contribution in [2.24, 2.45) is 0 Å². The topological polar surface area (TPSA) is 76.9 Å². The highest BCUT2D eigenvalue weighted by Gasteiger charge is 2.28. The van der Waals surface area contributed by atoms with E-state index in [1.165, 1.54) is 0 Å². The number of fused-ring (bicyclic) bond motifs is 1. The Bertz CT molecular complexity index is 788. The fraction of sp³-hybridized carbons (Fsp3) is 0.500. The Labute approximate surface area is 127 Å². The van der Waals surface area contributed by atoms with E-state index in [0.717, 1.165) is 38.5 Å². The molecule has 4 rings (SSSR count). The predicted molar refractivity (Wildman–Crippen MR) is 81.8 cm³/mol. The van der Waals surface area contributed by atoms with Gasteiger partial charge in [0.05, 0.1) is 0 Å². The number of amides is 1. The van der Waals surface area contributed by atoms with Gasteiger partial charge in [0.25, 0.3) is 11.5 Å². The molecular formula is C16H18N4O2. The molecule has 2 aromatic heterocycles. The molecule has 0 spiro atoms. The summed E-state index contributed by atoms with van der Waals surface area (Å²) < 4.78 is 1.69. The normalized spacial score (nSPS) is 18.7. The summed E-state index contributed by atoms with van der Waals surface area (Å²) >= 11 is 0. The van der Waals surface area contributed by atoms with E-state index in [1.807, 2.05) is 0 Å². The van der Waals surface area contributed by atoms with Crippen LogP contribution in [0.5, 0.6) is 0 Å². The quantitative estimate of drug-likeness (QED) is 0.937. The van der Waals surface area contributed by atoms with E-state index in [0.29, 0.717) is 11.2 Å². The number of carbonyl (C=O) groups excluding carboxylic acids is 1. The van der Waals surface area contributed by atoms with Gasteiger partial charge >= 0.3 is 0 Å². The maximum Gasteiger partial charge on any atom is 0.284 e. The summed E-state index contributed by atoms with van der Waals surface area (Å²) in [5.74, 6) is -0.356. The lowest BCUT2D eigenvalue weighted by Crippen LogP contribution is -2.36. The van der Waals surface area contributed by atoms with Gasteiger partial charge in [-0.15, -0.1) is 0 Å². The molecule has 0 unspecified atom stereocenters. The van der Waals surface area contributed by atoms with Crippen LogP contribution in [-0.2, 0) is 0 Å². The molecule has 22 heavy (non-hydrogen) atoms. The van der Waals surface area contributed by atoms with Crippen LogP contribution in [0.2, 0.25) is 0 Å². The van der Waals surface area contributed by atoms with Crippen LogP contribution < -0.4 is 10.9 Å². The largest absolute Gasteiger partial charge is 0.348 e. The molecule has 1 amide bonds. The Morgan fingerprint density at radius 1 is 1.23 bits per heavy atom. The van der Waals surface area contributed by atoms with Gasteiger partial charge in [0.2, 0.25) is 0 Å². The zero-order valence-electron chi connectivity index (χ0n) is 12.3. The Balaban J connectivity index is 1.88. The van der Waals surface area contributed by atoms with E-state index in [2.05, 4.69) is 15.3 Å². The van der Waals surface area contributed by atoms with E-state index in [1.54, 1.807) is 22.9 Å². The first kappa shape index (κ1) is 13.4. The van der Waals surface area contributed by atoms with Crippen molar-refractivity contribution in [2.75, 3.05) is 0 Å². The molecule has 2 aromatic rings. The molecule has 0 aromatic carbocycles. The summed E-state index contributed by atoms with van der Waals surface area (Å²) in [6.45, 7) is 0. The van der Waals surface area contributed by atoms with E-state index in [-0.39, 0.29) is 29.2 Å². The molecule has 6 nitrogen and oxygen atoms in total. The van der Waals surface area contributed by atoms with Crippen molar-refractivity contribution in [1.29, 1.82) is 0 Å². The molecule has 0 radical (unpaired) electrons. The van der Waals surface area contributed by atoms with Gasteiger partial charge in [0.1, 0.15) is 5.52 Å². The average molecular weight is 298 g/mol. The second-order valence-corrected chi connectivity index (χ2v) is 6.17. The van der Waals surface area contributed by atoms with Crippen LogP contribution in [-0.4, -0.2) is 26.5 Å². The Hall–Kier alpha value is -2.24. The Morgan fingerprint density at radius 2 is 2.00 bits per heavy atom. The highest BCUT2D eigenvalue weighted by Crippen LogP contribution is 2.30. The summed E-state index contributed by atoms with van der Waals surface area (Å²) in [6, 6.07) is 3.92. The maximum atomic E-state index is 12.8. The van der Waals surface area contributed by atoms with Gasteiger partial charge in [-0.05, 0) is 37.8 Å². The molecule has 2 fully saturated rings. The van der Waals surface area contributed by atoms with Gasteiger partial charge in [0, 0.05) is 18.3 Å². The minimum atomic E-state index is -0.356. The molecule has 0 saturated heterocycles. The minimum absolute atomic E-state index is 0.000648. The number of carbonyl (C=O) groups is 1. The van der Waals surface area contributed by atoms with Crippen molar-refractivity contribution in [3.8, 4) is 0 Å². The lowest BCUT2D eigenvalue weighted by Gasteiger charge is -2.16. The van der Waals surface area contributed by atoms with Gasteiger partial charge in [0.15, 0.2) is 11.3 Å². The Morgan fingerprint density at radius 3 is 2.73 bits per heavy atom. The fourth-order valence-electron chi connectivity index (χ4n) is 3.17. The van der Waals surface area contributed by atoms with Crippen molar-refractivity contribution in [3.05, 3.63) is 34.4 Å². The smallest absolute Gasteiger partial charge is 0.284 e. The molecule has 0 aliphatic heterocycles. The Kier molecular flexibility index (Phi) is 3.17. The van der Waals surface area contributed by atoms with Crippen molar-refractivity contribution < 1.29 is 4.79 Å². The summed E-state index contributed by atoms with van der Waals surface area (Å²) in [7, 11) is 0. The van der Waals surface area contributed by atoms with Crippen LogP contribution >= 0.6 is 0 Å². The lowest BCUT2D eigenvalue weighted by atomic mass is 10.2. The lowest BCUT2D eigenvalue weighted by molar-refractivity contribution is 0.0944. The predicted octanol–water partition coefficient (Wildman–Crippen LogP) is 1.80. The van der Waals surface area contributed by atoms with Crippen LogP contribution in [0.15, 0.2) is 23.1 Å². The van der Waals surface area contributed by atoms with Crippen LogP contribution in [0, 0.1) is 0 Å². The highest BCUT2D eigenvalue weighted by atomic mass is 16.2. The molecule has 1 N–H and O–H groups in total. The summed E-state index contributed by atoms with van der Waals surface area (Å²) in [5, 5.41) is 2.86. The van der Waals surface area contributed by atoms with E-state index in [4.69, 9.17) is 0 Å². The monoisotopic (exact) mass is 298 g/mol. The van der Waals surface area contributed by atoms with Crippen molar-refractivity contribution in [3.63, 3.8) is 0 Å². The summed E-state index contributed by atoms with van der Waals surface area (Å²) in [5.41, 5.74) is 0.882. The molecular weight excluding hydrogens is 280 g/mol. The molecule has 114 valence electrons. The molecule has 6 heteroatoms. The van der Waals surface area contributed by atoms with Crippen molar-refractivity contribution in [1.82, 2.24) is 19.9 Å². The molecule has 0 bridgehead atoms. The average Bonchev–Trinajstić information content (AvgIpc) is 3.17. The third kappa shape index (κ3) is 2.28. The van der Waals surface area contributed by atoms with E-state index >= 15 is 0 Å². The number of hydrogen-bond donors (Lipinski definition) is 1. The first-order valence-electron chi connectivity index (χ1n) is 7.92. The van der Waals surface area contributed by atoms with Crippen LogP contribution in [0.1, 0.15) is 55.1 Å². The van der Waals surface area contributed by atoms with Crippen molar-refractivity contribution in [2.45, 2.75) is 50.6 Å². The number of nitrogens with one attached hydrogen (secondary N) is 1. The zero-order chi connectivity index (χ0) is 15.1. The number of rotatable bonds is 3. The summed E-state index contributed by atoms with van der Waals surface area (Å²) in [4.78, 5) is 33.7. The fourth-order valence-corrected chi connectivity index (χ4v) is 3.17. The third-order valence-corrected chi connectivity index (χ3v) is 4.47. The van der Waals surface area contributed by atoms with Gasteiger partial charge in [-0.1, -0.05) is 12.8 Å². The first-order valence-corrected chi connectivity index (χ1v) is 7.92. The second-order valence-electron chi connectivity index (χ2n) is 6.17. The first-order chi connectivity index (χ1) is 10.7. The van der Waals surface area contributed by atoms with Crippen LogP contribution in [0.25, 0.3) is 11.2 Å². The van der Waals surface area contributed by atoms with E-state index < -0.39 is 0 Å². The molecule has 2 aliphatic rings. The zero-order valence-corrected chi connectivity index (χ0v) is 12.3. The number of hydrogen-bond acceptors (Lipinski definition) is 4. The number of aromatic nitrogens is 3. The van der Waals surface area contributed by atoms with Crippen LogP contribution in [0.4, 0.5) is 0 Å². The SMILES string of the molecule is O=C(NC1CC1)c1nc2cccnc2n(C2CCCC2)c1=O. The standard InChI is InChI=1S/C16H18N4O2/c21-15(18-10-7-8-10)13-16(22)20(11-4-1-2-5-11)14-12(19-13)6-3-9-17-14/h3,6,9-11H,1-2,4-5,7-8H2,(H,18,21). The van der Waals surface area contributed by atoms with Gasteiger partial charge in [-0.3, -0.25) is 14.2 Å². The van der Waals surface area contributed by atoms with Crippen molar-refractivity contribution >= 4 is 17.1 Å². The van der Waals surface area contributed by atoms with Gasteiger partial charge in [-0.25, -0.2) is 9.97 Å². The highest BCUT2D eigenvalue weighted by molar-refractivity contribution is 5.93. The molecule has 2 aliphatic carbocycles. The van der Waals surface area contributed by atoms with Gasteiger partial charge < -0.3 is 5.32 Å². The number of pyridine rings is 1. The van der Waals surface area contributed by atoms with Gasteiger partial charge in [-0.2, -0.15) is 0 Å².